The van der Waals surface area contributed by atoms with Crippen LogP contribution in [0, 0.1) is 5.92 Å². The first kappa shape index (κ1) is 21.1. The Morgan fingerprint density at radius 1 is 1.16 bits per heavy atom. The second-order valence-corrected chi connectivity index (χ2v) is 8.38. The van der Waals surface area contributed by atoms with Crippen LogP contribution in [0.1, 0.15) is 30.0 Å². The van der Waals surface area contributed by atoms with Gasteiger partial charge in [0.15, 0.2) is 11.5 Å². The number of halogens is 1. The molecule has 0 saturated heterocycles. The molecular formula is C25H23BrN2O3. The number of phenols is 1. The first-order chi connectivity index (χ1) is 15.1. The summed E-state index contributed by atoms with van der Waals surface area (Å²) < 4.78 is 6.18. The maximum absolute atomic E-state index is 13.0. The largest absolute Gasteiger partial charge is 0.504 e. The van der Waals surface area contributed by atoms with Gasteiger partial charge in [0.2, 0.25) is 5.91 Å². The van der Waals surface area contributed by atoms with E-state index >= 15 is 0 Å². The Morgan fingerprint density at radius 2 is 1.77 bits per heavy atom. The monoisotopic (exact) mass is 478 g/mol. The summed E-state index contributed by atoms with van der Waals surface area (Å²) in [5, 5.41) is 14.5. The van der Waals surface area contributed by atoms with Gasteiger partial charge in [-0.2, -0.15) is 5.10 Å². The number of amides is 1. The lowest BCUT2D eigenvalue weighted by molar-refractivity contribution is -0.122. The van der Waals surface area contributed by atoms with Gasteiger partial charge in [0.25, 0.3) is 0 Å². The highest BCUT2D eigenvalue weighted by Gasteiger charge is 2.60. The first-order valence-corrected chi connectivity index (χ1v) is 10.9. The fourth-order valence-electron chi connectivity index (χ4n) is 4.06. The third-order valence-corrected chi connectivity index (χ3v) is 6.06. The molecule has 3 aromatic carbocycles. The van der Waals surface area contributed by atoms with Gasteiger partial charge in [0.05, 0.1) is 18.7 Å². The van der Waals surface area contributed by atoms with Crippen LogP contribution in [-0.4, -0.2) is 23.8 Å². The van der Waals surface area contributed by atoms with Crippen LogP contribution >= 0.6 is 15.9 Å². The summed E-state index contributed by atoms with van der Waals surface area (Å²) in [5.41, 5.74) is 5.00. The van der Waals surface area contributed by atoms with Gasteiger partial charge in [-0.05, 0) is 36.6 Å². The molecular weight excluding hydrogens is 456 g/mol. The van der Waals surface area contributed by atoms with Gasteiger partial charge in [-0.15, -0.1) is 0 Å². The van der Waals surface area contributed by atoms with Crippen LogP contribution in [0.15, 0.2) is 82.4 Å². The minimum Gasteiger partial charge on any atom is -0.504 e. The van der Waals surface area contributed by atoms with Gasteiger partial charge < -0.3 is 9.84 Å². The summed E-state index contributed by atoms with van der Waals surface area (Å²) in [6.07, 6.45) is 2.15. The van der Waals surface area contributed by atoms with Crippen LogP contribution in [0.2, 0.25) is 0 Å². The zero-order valence-electron chi connectivity index (χ0n) is 17.1. The van der Waals surface area contributed by atoms with Crippen LogP contribution in [0.4, 0.5) is 0 Å². The van der Waals surface area contributed by atoms with Crippen molar-refractivity contribution >= 4 is 28.1 Å². The van der Waals surface area contributed by atoms with E-state index in [1.54, 1.807) is 12.1 Å². The van der Waals surface area contributed by atoms with Gasteiger partial charge in [-0.1, -0.05) is 76.6 Å². The van der Waals surface area contributed by atoms with Crippen molar-refractivity contribution in [2.24, 2.45) is 11.0 Å². The number of nitrogens with zero attached hydrogens (tertiary/aromatic N) is 1. The summed E-state index contributed by atoms with van der Waals surface area (Å²) in [6, 6.07) is 23.6. The number of nitrogens with one attached hydrogen (secondary N) is 1. The molecule has 31 heavy (non-hydrogen) atoms. The molecule has 0 aromatic heterocycles. The molecule has 1 aliphatic rings. The highest BCUT2D eigenvalue weighted by molar-refractivity contribution is 9.10. The van der Waals surface area contributed by atoms with E-state index in [1.807, 2.05) is 43.3 Å². The average Bonchev–Trinajstić information content (AvgIpc) is 3.55. The van der Waals surface area contributed by atoms with Crippen molar-refractivity contribution < 1.29 is 14.6 Å². The summed E-state index contributed by atoms with van der Waals surface area (Å²) in [7, 11) is 0. The van der Waals surface area contributed by atoms with Crippen LogP contribution < -0.4 is 10.2 Å². The normalized spacial score (nSPS) is 16.8. The van der Waals surface area contributed by atoms with Crippen LogP contribution in [-0.2, 0) is 10.2 Å². The van der Waals surface area contributed by atoms with Crippen LogP contribution in [0.5, 0.6) is 11.5 Å². The van der Waals surface area contributed by atoms with Gasteiger partial charge in [-0.3, -0.25) is 4.79 Å². The van der Waals surface area contributed by atoms with Crippen LogP contribution in [0.3, 0.4) is 0 Å². The zero-order valence-corrected chi connectivity index (χ0v) is 18.7. The average molecular weight is 479 g/mol. The molecule has 1 amide bonds. The summed E-state index contributed by atoms with van der Waals surface area (Å²) >= 11 is 3.40. The number of benzene rings is 3. The zero-order chi connectivity index (χ0) is 21.8. The Hall–Kier alpha value is -3.12. The second kappa shape index (κ2) is 8.94. The molecule has 0 radical (unpaired) electrons. The highest BCUT2D eigenvalue weighted by atomic mass is 79.9. The molecule has 158 valence electrons. The smallest absolute Gasteiger partial charge is 0.244 e. The van der Waals surface area contributed by atoms with Gasteiger partial charge in [0.1, 0.15) is 0 Å². The number of aromatic hydroxyl groups is 1. The number of phenolic OH excluding ortho intramolecular Hbond substituents is 1. The molecule has 0 heterocycles. The Bertz CT molecular complexity index is 1060. The van der Waals surface area contributed by atoms with Crippen molar-refractivity contribution in [2.45, 2.75) is 18.8 Å². The fourth-order valence-corrected chi connectivity index (χ4v) is 4.51. The van der Waals surface area contributed by atoms with Crippen molar-refractivity contribution in [3.63, 3.8) is 0 Å². The first-order valence-electron chi connectivity index (χ1n) is 10.2. The van der Waals surface area contributed by atoms with Crippen LogP contribution in [0.25, 0.3) is 0 Å². The molecule has 0 spiro atoms. The topological polar surface area (TPSA) is 70.9 Å². The standard InChI is InChI=1S/C25H23BrN2O3/c1-2-31-22-14-20(26)13-17(23(22)29)16-27-28-24(30)21-15-25(21,18-9-5-3-6-10-18)19-11-7-4-8-12-19/h3-14,16,21,29H,2,15H2,1H3,(H,28,30). The minimum atomic E-state index is -0.345. The molecule has 0 bridgehead atoms. The molecule has 1 unspecified atom stereocenters. The third kappa shape index (κ3) is 4.21. The number of carbonyl (C=O) groups excluding carboxylic acids is 1. The van der Waals surface area contributed by atoms with Gasteiger partial charge in [-0.25, -0.2) is 5.43 Å². The molecule has 5 nitrogen and oxygen atoms in total. The van der Waals surface area contributed by atoms with Crippen molar-refractivity contribution in [3.8, 4) is 11.5 Å². The van der Waals surface area contributed by atoms with E-state index in [1.165, 1.54) is 6.21 Å². The lowest BCUT2D eigenvalue weighted by Gasteiger charge is -2.18. The van der Waals surface area contributed by atoms with E-state index in [0.717, 1.165) is 22.0 Å². The SMILES string of the molecule is CCOc1cc(Br)cc(C=NNC(=O)C2CC2(c2ccccc2)c2ccccc2)c1O. The molecule has 1 fully saturated rings. The highest BCUT2D eigenvalue weighted by Crippen LogP contribution is 2.58. The molecule has 4 rings (SSSR count). The molecule has 6 heteroatoms. The number of hydrogen-bond acceptors (Lipinski definition) is 4. The third-order valence-electron chi connectivity index (χ3n) is 5.60. The molecule has 0 aliphatic heterocycles. The van der Waals surface area contributed by atoms with Crippen molar-refractivity contribution in [3.05, 3.63) is 94.0 Å². The number of hydrogen-bond donors (Lipinski definition) is 2. The molecule has 1 saturated carbocycles. The van der Waals surface area contributed by atoms with E-state index in [0.29, 0.717) is 17.9 Å². The Kier molecular flexibility index (Phi) is 6.09. The van der Waals surface area contributed by atoms with Gasteiger partial charge >= 0.3 is 0 Å². The summed E-state index contributed by atoms with van der Waals surface area (Å²) in [5.74, 6) is -0.0237. The van der Waals surface area contributed by atoms with E-state index < -0.39 is 0 Å². The molecule has 1 aliphatic carbocycles. The number of rotatable bonds is 7. The molecule has 2 N–H and O–H groups in total. The predicted octanol–water partition coefficient (Wildman–Crippen LogP) is 5.01. The van der Waals surface area contributed by atoms with E-state index in [2.05, 4.69) is 50.7 Å². The number of hydrazone groups is 1. The van der Waals surface area contributed by atoms with E-state index in [9.17, 15) is 9.90 Å². The maximum atomic E-state index is 13.0. The second-order valence-electron chi connectivity index (χ2n) is 7.47. The Balaban J connectivity index is 1.53. The van der Waals surface area contributed by atoms with Crippen molar-refractivity contribution in [2.75, 3.05) is 6.61 Å². The Morgan fingerprint density at radius 3 is 2.35 bits per heavy atom. The van der Waals surface area contributed by atoms with E-state index in [-0.39, 0.29) is 23.0 Å². The van der Waals surface area contributed by atoms with E-state index in [4.69, 9.17) is 4.74 Å². The van der Waals surface area contributed by atoms with Gasteiger partial charge in [0, 0.05) is 15.5 Å². The molecule has 1 atom stereocenters. The maximum Gasteiger partial charge on any atom is 0.244 e. The van der Waals surface area contributed by atoms with Crippen molar-refractivity contribution in [1.82, 2.24) is 5.43 Å². The fraction of sp³-hybridized carbons (Fsp3) is 0.200. The summed E-state index contributed by atoms with van der Waals surface area (Å²) in [6.45, 7) is 2.27. The molecule has 3 aromatic rings. The quantitative estimate of drug-likeness (QED) is 0.370. The number of carbonyl (C=O) groups is 1. The lowest BCUT2D eigenvalue weighted by atomic mass is 9.85. The predicted molar refractivity (Wildman–Crippen MR) is 124 cm³/mol. The number of ether oxygens (including phenoxy) is 1. The lowest BCUT2D eigenvalue weighted by Crippen LogP contribution is -2.25. The summed E-state index contributed by atoms with van der Waals surface area (Å²) in [4.78, 5) is 13.0. The van der Waals surface area contributed by atoms with Crippen molar-refractivity contribution in [1.29, 1.82) is 0 Å². The Labute approximate surface area is 189 Å². The minimum absolute atomic E-state index is 0.0163.